The van der Waals surface area contributed by atoms with Gasteiger partial charge >= 0.3 is 5.97 Å². The summed E-state index contributed by atoms with van der Waals surface area (Å²) in [5.41, 5.74) is 1.59. The van der Waals surface area contributed by atoms with Crippen molar-refractivity contribution in [3.8, 4) is 17.1 Å². The Labute approximate surface area is 117 Å². The van der Waals surface area contributed by atoms with Crippen LogP contribution in [0.25, 0.3) is 17.1 Å². The molecule has 4 rings (SSSR count). The highest BCUT2D eigenvalue weighted by Crippen LogP contribution is 2.31. The molecule has 1 aliphatic heterocycles. The Morgan fingerprint density at radius 3 is 3.00 bits per heavy atom. The molecule has 0 radical (unpaired) electrons. The third-order valence-electron chi connectivity index (χ3n) is 3.44. The number of nitrogens with zero attached hydrogens (tertiary/aromatic N) is 5. The zero-order valence-corrected chi connectivity index (χ0v) is 10.6. The van der Waals surface area contributed by atoms with Crippen molar-refractivity contribution in [1.82, 2.24) is 24.3 Å². The summed E-state index contributed by atoms with van der Waals surface area (Å²) in [6.45, 7) is 0.202. The molecule has 0 amide bonds. The number of carboxylic acid groups (broad SMARTS) is 1. The fraction of sp³-hybridized carbons (Fsp3) is 0.0769. The van der Waals surface area contributed by atoms with Gasteiger partial charge in [-0.25, -0.2) is 23.8 Å². The van der Waals surface area contributed by atoms with Crippen LogP contribution in [-0.2, 0) is 6.54 Å². The van der Waals surface area contributed by atoms with Gasteiger partial charge in [-0.15, -0.1) is 0 Å². The van der Waals surface area contributed by atoms with E-state index in [1.807, 2.05) is 0 Å². The van der Waals surface area contributed by atoms with E-state index in [4.69, 9.17) is 0 Å². The summed E-state index contributed by atoms with van der Waals surface area (Å²) in [5, 5.41) is 13.3. The van der Waals surface area contributed by atoms with E-state index >= 15 is 0 Å². The van der Waals surface area contributed by atoms with Gasteiger partial charge in [0.2, 0.25) is 0 Å². The van der Waals surface area contributed by atoms with Gasteiger partial charge < -0.3 is 5.11 Å². The number of imidazole rings is 1. The van der Waals surface area contributed by atoms with E-state index in [1.54, 1.807) is 10.6 Å². The van der Waals surface area contributed by atoms with Crippen LogP contribution >= 0.6 is 0 Å². The van der Waals surface area contributed by atoms with E-state index in [1.165, 1.54) is 29.5 Å². The minimum absolute atomic E-state index is 0.0476. The van der Waals surface area contributed by atoms with Crippen LogP contribution in [0.5, 0.6) is 0 Å². The fourth-order valence-electron chi connectivity index (χ4n) is 2.54. The molecule has 0 saturated heterocycles. The molecule has 0 bridgehead atoms. The number of carboxylic acids is 1. The number of carbonyl (C=O) groups is 1. The van der Waals surface area contributed by atoms with Crippen LogP contribution < -0.4 is 0 Å². The first-order chi connectivity index (χ1) is 10.1. The van der Waals surface area contributed by atoms with E-state index in [9.17, 15) is 14.3 Å². The molecule has 21 heavy (non-hydrogen) atoms. The van der Waals surface area contributed by atoms with Crippen molar-refractivity contribution < 1.29 is 14.3 Å². The van der Waals surface area contributed by atoms with Gasteiger partial charge in [-0.05, 0) is 18.2 Å². The van der Waals surface area contributed by atoms with Crippen LogP contribution in [0.15, 0.2) is 30.9 Å². The Morgan fingerprint density at radius 2 is 2.19 bits per heavy atom. The maximum atomic E-state index is 13.6. The molecule has 8 heteroatoms. The third-order valence-corrected chi connectivity index (χ3v) is 3.44. The maximum absolute atomic E-state index is 13.6. The number of hydrogen-bond acceptors (Lipinski definition) is 4. The molecule has 0 saturated carbocycles. The predicted octanol–water partition coefficient (Wildman–Crippen LogP) is 1.33. The summed E-state index contributed by atoms with van der Waals surface area (Å²) in [7, 11) is 0. The summed E-state index contributed by atoms with van der Waals surface area (Å²) >= 11 is 0. The maximum Gasteiger partial charge on any atom is 0.356 e. The highest BCUT2D eigenvalue weighted by atomic mass is 19.1. The SMILES string of the molecule is O=C(O)c1ncn2c1Cn1ncnc1-c1cc(F)ccc1-2. The Morgan fingerprint density at radius 1 is 1.33 bits per heavy atom. The lowest BCUT2D eigenvalue weighted by atomic mass is 10.1. The molecule has 104 valence electrons. The Balaban J connectivity index is 2.09. The zero-order valence-electron chi connectivity index (χ0n) is 10.6. The minimum Gasteiger partial charge on any atom is -0.476 e. The minimum atomic E-state index is -1.11. The first-order valence-corrected chi connectivity index (χ1v) is 6.13. The van der Waals surface area contributed by atoms with Crippen molar-refractivity contribution in [2.24, 2.45) is 0 Å². The average Bonchev–Trinajstić information content (AvgIpc) is 3.04. The molecule has 0 atom stereocenters. The fourth-order valence-corrected chi connectivity index (χ4v) is 2.54. The van der Waals surface area contributed by atoms with Crippen molar-refractivity contribution in [2.75, 3.05) is 0 Å². The second-order valence-electron chi connectivity index (χ2n) is 4.62. The van der Waals surface area contributed by atoms with E-state index in [0.29, 0.717) is 22.8 Å². The topological polar surface area (TPSA) is 85.8 Å². The smallest absolute Gasteiger partial charge is 0.356 e. The van der Waals surface area contributed by atoms with Gasteiger partial charge in [0.25, 0.3) is 0 Å². The summed E-state index contributed by atoms with van der Waals surface area (Å²) in [6.07, 6.45) is 2.78. The number of aromatic nitrogens is 5. The van der Waals surface area contributed by atoms with Crippen molar-refractivity contribution in [3.05, 3.63) is 48.1 Å². The molecule has 0 aliphatic carbocycles. The summed E-state index contributed by atoms with van der Waals surface area (Å²) in [5.74, 6) is -1.02. The predicted molar refractivity (Wildman–Crippen MR) is 68.6 cm³/mol. The van der Waals surface area contributed by atoms with Gasteiger partial charge in [-0.2, -0.15) is 5.10 Å². The van der Waals surface area contributed by atoms with Crippen LogP contribution in [0.1, 0.15) is 16.2 Å². The second-order valence-corrected chi connectivity index (χ2v) is 4.62. The molecule has 1 aromatic carbocycles. The molecule has 2 aromatic heterocycles. The molecule has 0 fully saturated rings. The monoisotopic (exact) mass is 285 g/mol. The molecule has 3 aromatic rings. The summed E-state index contributed by atoms with van der Waals surface area (Å²) in [6, 6.07) is 4.24. The number of halogens is 1. The second kappa shape index (κ2) is 3.98. The number of benzene rings is 1. The summed E-state index contributed by atoms with van der Waals surface area (Å²) in [4.78, 5) is 19.3. The standard InChI is InChI=1S/C13H8FN5O2/c14-7-1-2-9-8(3-7)12-15-5-17-19(12)4-10-11(13(20)21)16-6-18(9)10/h1-3,5-6H,4H2,(H,20,21). The molecule has 1 aliphatic rings. The first kappa shape index (κ1) is 11.8. The van der Waals surface area contributed by atoms with E-state index in [-0.39, 0.29) is 12.2 Å². The molecular weight excluding hydrogens is 277 g/mol. The van der Waals surface area contributed by atoms with Crippen LogP contribution in [0.3, 0.4) is 0 Å². The molecular formula is C13H8FN5O2. The molecule has 0 unspecified atom stereocenters. The van der Waals surface area contributed by atoms with Gasteiger partial charge in [-0.1, -0.05) is 0 Å². The quantitative estimate of drug-likeness (QED) is 0.570. The Hall–Kier alpha value is -3.03. The van der Waals surface area contributed by atoms with Crippen molar-refractivity contribution in [2.45, 2.75) is 6.54 Å². The molecule has 7 nitrogen and oxygen atoms in total. The van der Waals surface area contributed by atoms with E-state index in [0.717, 1.165) is 0 Å². The number of aromatic carboxylic acids is 1. The van der Waals surface area contributed by atoms with E-state index in [2.05, 4.69) is 15.1 Å². The van der Waals surface area contributed by atoms with Crippen LogP contribution in [0.4, 0.5) is 4.39 Å². The Kier molecular flexibility index (Phi) is 2.23. The molecule has 0 spiro atoms. The molecule has 1 N–H and O–H groups in total. The first-order valence-electron chi connectivity index (χ1n) is 6.13. The normalized spacial score (nSPS) is 12.2. The van der Waals surface area contributed by atoms with Crippen molar-refractivity contribution in [3.63, 3.8) is 0 Å². The lowest BCUT2D eigenvalue weighted by Crippen LogP contribution is -2.09. The van der Waals surface area contributed by atoms with Crippen molar-refractivity contribution >= 4 is 5.97 Å². The average molecular weight is 285 g/mol. The van der Waals surface area contributed by atoms with Crippen LogP contribution in [-0.4, -0.2) is 35.4 Å². The third kappa shape index (κ3) is 1.59. The largest absolute Gasteiger partial charge is 0.476 e. The van der Waals surface area contributed by atoms with Gasteiger partial charge in [0.1, 0.15) is 18.5 Å². The van der Waals surface area contributed by atoms with E-state index < -0.39 is 11.8 Å². The van der Waals surface area contributed by atoms with Gasteiger partial charge in [0.15, 0.2) is 11.5 Å². The number of fused-ring (bicyclic) bond motifs is 5. The highest BCUT2D eigenvalue weighted by molar-refractivity contribution is 5.87. The Bertz CT molecular complexity index is 883. The van der Waals surface area contributed by atoms with Gasteiger partial charge in [0, 0.05) is 5.56 Å². The van der Waals surface area contributed by atoms with Gasteiger partial charge in [0.05, 0.1) is 17.9 Å². The zero-order chi connectivity index (χ0) is 14.6. The summed E-state index contributed by atoms with van der Waals surface area (Å²) < 4.78 is 16.7. The van der Waals surface area contributed by atoms with Crippen LogP contribution in [0, 0.1) is 5.82 Å². The van der Waals surface area contributed by atoms with Gasteiger partial charge in [-0.3, -0.25) is 4.57 Å². The number of hydrogen-bond donors (Lipinski definition) is 1. The number of rotatable bonds is 1. The molecule has 3 heterocycles. The lowest BCUT2D eigenvalue weighted by molar-refractivity contribution is 0.0689. The lowest BCUT2D eigenvalue weighted by Gasteiger charge is -2.08. The highest BCUT2D eigenvalue weighted by Gasteiger charge is 2.26. The van der Waals surface area contributed by atoms with Crippen LogP contribution in [0.2, 0.25) is 0 Å². The van der Waals surface area contributed by atoms with Crippen molar-refractivity contribution in [1.29, 1.82) is 0 Å².